The average Bonchev–Trinajstić information content (AvgIpc) is 3.27. The monoisotopic (exact) mass is 577 g/mol. The number of aromatic nitrogens is 2. The fraction of sp³-hybridized carbons (Fsp3) is 0.407. The van der Waals surface area contributed by atoms with Gasteiger partial charge >= 0.3 is 6.18 Å². The molecule has 40 heavy (non-hydrogen) atoms. The molecule has 0 unspecified atom stereocenters. The van der Waals surface area contributed by atoms with Crippen molar-refractivity contribution in [1.82, 2.24) is 20.0 Å². The van der Waals surface area contributed by atoms with Crippen LogP contribution in [-0.4, -0.2) is 81.3 Å². The van der Waals surface area contributed by atoms with E-state index in [-0.39, 0.29) is 34.5 Å². The van der Waals surface area contributed by atoms with E-state index in [4.69, 9.17) is 4.74 Å². The third-order valence-electron chi connectivity index (χ3n) is 6.59. The van der Waals surface area contributed by atoms with Crippen LogP contribution >= 0.6 is 0 Å². The highest BCUT2D eigenvalue weighted by Crippen LogP contribution is 2.28. The Balaban J connectivity index is 1.60. The first kappa shape index (κ1) is 29.2. The van der Waals surface area contributed by atoms with E-state index in [1.54, 1.807) is 12.1 Å². The molecule has 1 amide bonds. The largest absolute Gasteiger partial charge is 0.495 e. The molecule has 0 spiro atoms. The second kappa shape index (κ2) is 11.8. The molecule has 0 radical (unpaired) electrons. The summed E-state index contributed by atoms with van der Waals surface area (Å²) in [5.74, 6) is 5.74. The number of carbonyl (C=O) groups excluding carboxylic acids is 1. The van der Waals surface area contributed by atoms with Gasteiger partial charge < -0.3 is 20.3 Å². The number of hydrogen-bond donors (Lipinski definition) is 2. The molecule has 0 atom stereocenters. The molecule has 1 aromatic heterocycles. The number of nitrogens with one attached hydrogen (secondary N) is 2. The highest BCUT2D eigenvalue weighted by atomic mass is 32.2. The Kier molecular flexibility index (Phi) is 8.60. The SMILES string of the molecule is COc1cc(S(C)(=O)=O)ccc1NCC#Cc1cc(C(=O)NC2CCN(C)CC2)c2cnn(CC(F)(F)F)c2c1. The summed E-state index contributed by atoms with van der Waals surface area (Å²) in [5, 5.41) is 10.3. The lowest BCUT2D eigenvalue weighted by Gasteiger charge is -2.29. The number of anilines is 1. The Morgan fingerprint density at radius 1 is 1.20 bits per heavy atom. The first-order chi connectivity index (χ1) is 18.8. The highest BCUT2D eigenvalue weighted by molar-refractivity contribution is 7.90. The lowest BCUT2D eigenvalue weighted by molar-refractivity contribution is -0.141. The quantitative estimate of drug-likeness (QED) is 0.415. The van der Waals surface area contributed by atoms with Gasteiger partial charge in [-0.15, -0.1) is 0 Å². The van der Waals surface area contributed by atoms with Crippen molar-refractivity contribution in [3.63, 3.8) is 0 Å². The van der Waals surface area contributed by atoms with E-state index in [1.807, 2.05) is 7.05 Å². The molecule has 1 saturated heterocycles. The standard InChI is InChI=1S/C27H30F3N5O4S/c1-34-11-8-19(9-12-34)33-26(36)21-13-18(14-24-22(21)16-32-35(24)17-27(28,29)30)5-4-10-31-23-7-6-20(40(3,37)38)15-25(23)39-2/h6-7,13-16,19,31H,8-12,17H2,1-3H3,(H,33,36). The van der Waals surface area contributed by atoms with Crippen LogP contribution in [-0.2, 0) is 16.4 Å². The highest BCUT2D eigenvalue weighted by Gasteiger charge is 2.30. The summed E-state index contributed by atoms with van der Waals surface area (Å²) in [5.41, 5.74) is 1.23. The zero-order valence-corrected chi connectivity index (χ0v) is 23.1. The molecule has 2 N–H and O–H groups in total. The number of rotatable bonds is 7. The second-order valence-electron chi connectivity index (χ2n) is 9.71. The van der Waals surface area contributed by atoms with Crippen LogP contribution in [0.25, 0.3) is 10.9 Å². The Morgan fingerprint density at radius 3 is 2.58 bits per heavy atom. The maximum atomic E-state index is 13.2. The Morgan fingerprint density at radius 2 is 1.93 bits per heavy atom. The van der Waals surface area contributed by atoms with Gasteiger partial charge in [-0.25, -0.2) is 8.42 Å². The third-order valence-corrected chi connectivity index (χ3v) is 7.70. The molecule has 3 aromatic rings. The van der Waals surface area contributed by atoms with Gasteiger partial charge in [0.15, 0.2) is 9.84 Å². The van der Waals surface area contributed by atoms with E-state index in [0.29, 0.717) is 22.4 Å². The van der Waals surface area contributed by atoms with E-state index >= 15 is 0 Å². The normalized spacial score (nSPS) is 14.9. The van der Waals surface area contributed by atoms with Gasteiger partial charge in [-0.1, -0.05) is 11.8 Å². The van der Waals surface area contributed by atoms with Crippen LogP contribution in [0, 0.1) is 11.8 Å². The molecule has 2 aromatic carbocycles. The first-order valence-corrected chi connectivity index (χ1v) is 14.4. The van der Waals surface area contributed by atoms with Crippen molar-refractivity contribution in [3.05, 3.63) is 47.7 Å². The van der Waals surface area contributed by atoms with Crippen molar-refractivity contribution in [3.8, 4) is 17.6 Å². The summed E-state index contributed by atoms with van der Waals surface area (Å²) in [7, 11) is 0.00782. The van der Waals surface area contributed by atoms with E-state index in [1.165, 1.54) is 31.5 Å². The third kappa shape index (κ3) is 7.25. The number of amides is 1. The summed E-state index contributed by atoms with van der Waals surface area (Å²) in [6.07, 6.45) is -0.570. The van der Waals surface area contributed by atoms with Crippen molar-refractivity contribution in [2.45, 2.75) is 36.5 Å². The lowest BCUT2D eigenvalue weighted by atomic mass is 10.0. The number of halogens is 3. The summed E-state index contributed by atoms with van der Waals surface area (Å²) < 4.78 is 69.3. The predicted molar refractivity (Wildman–Crippen MR) is 145 cm³/mol. The Bertz CT molecular complexity index is 1570. The van der Waals surface area contributed by atoms with Crippen molar-refractivity contribution in [2.75, 3.05) is 45.4 Å². The van der Waals surface area contributed by atoms with Crippen LogP contribution in [0.15, 0.2) is 41.4 Å². The van der Waals surface area contributed by atoms with Crippen molar-refractivity contribution < 1.29 is 31.1 Å². The van der Waals surface area contributed by atoms with Gasteiger partial charge in [0.25, 0.3) is 5.91 Å². The van der Waals surface area contributed by atoms with Crippen molar-refractivity contribution >= 4 is 32.3 Å². The number of carbonyl (C=O) groups is 1. The van der Waals surface area contributed by atoms with E-state index in [9.17, 15) is 26.4 Å². The molecule has 0 saturated carbocycles. The fourth-order valence-corrected chi connectivity index (χ4v) is 5.12. The average molecular weight is 578 g/mol. The molecule has 9 nitrogen and oxygen atoms in total. The fourth-order valence-electron chi connectivity index (χ4n) is 4.48. The first-order valence-electron chi connectivity index (χ1n) is 12.5. The zero-order chi connectivity index (χ0) is 29.1. The number of piperidine rings is 1. The van der Waals surface area contributed by atoms with Crippen LogP contribution < -0.4 is 15.4 Å². The van der Waals surface area contributed by atoms with Gasteiger partial charge in [-0.3, -0.25) is 9.48 Å². The van der Waals surface area contributed by atoms with E-state index in [2.05, 4.69) is 32.5 Å². The molecule has 4 rings (SSSR count). The van der Waals surface area contributed by atoms with Gasteiger partial charge in [0, 0.05) is 29.3 Å². The van der Waals surface area contributed by atoms with Crippen LogP contribution in [0.5, 0.6) is 5.75 Å². The van der Waals surface area contributed by atoms with E-state index in [0.717, 1.165) is 36.9 Å². The van der Waals surface area contributed by atoms with Crippen LogP contribution in [0.3, 0.4) is 0 Å². The van der Waals surface area contributed by atoms with Gasteiger partial charge in [-0.05, 0) is 57.2 Å². The van der Waals surface area contributed by atoms with Gasteiger partial charge in [0.1, 0.15) is 12.3 Å². The maximum absolute atomic E-state index is 13.2. The van der Waals surface area contributed by atoms with E-state index < -0.39 is 22.6 Å². The van der Waals surface area contributed by atoms with Crippen molar-refractivity contribution in [2.24, 2.45) is 0 Å². The summed E-state index contributed by atoms with van der Waals surface area (Å²) in [6, 6.07) is 7.40. The Labute approximate surface area is 230 Å². The number of fused-ring (bicyclic) bond motifs is 1. The summed E-state index contributed by atoms with van der Waals surface area (Å²) >= 11 is 0. The smallest absolute Gasteiger partial charge is 0.408 e. The number of likely N-dealkylation sites (tertiary alicyclic amines) is 1. The predicted octanol–water partition coefficient (Wildman–Crippen LogP) is 3.30. The minimum atomic E-state index is -4.49. The summed E-state index contributed by atoms with van der Waals surface area (Å²) in [6.45, 7) is 0.494. The zero-order valence-electron chi connectivity index (χ0n) is 22.3. The minimum absolute atomic E-state index is 0.0352. The maximum Gasteiger partial charge on any atom is 0.408 e. The van der Waals surface area contributed by atoms with Gasteiger partial charge in [0.2, 0.25) is 0 Å². The van der Waals surface area contributed by atoms with Crippen molar-refractivity contribution in [1.29, 1.82) is 0 Å². The number of sulfone groups is 1. The molecule has 1 aliphatic heterocycles. The van der Waals surface area contributed by atoms with Crippen LogP contribution in [0.2, 0.25) is 0 Å². The molecule has 2 heterocycles. The Hall–Kier alpha value is -3.76. The number of ether oxygens (including phenoxy) is 1. The summed E-state index contributed by atoms with van der Waals surface area (Å²) in [4.78, 5) is 15.5. The molecular weight excluding hydrogens is 547 g/mol. The molecule has 0 aliphatic carbocycles. The molecule has 13 heteroatoms. The van der Waals surface area contributed by atoms with Gasteiger partial charge in [-0.2, -0.15) is 18.3 Å². The molecule has 1 fully saturated rings. The number of alkyl halides is 3. The number of hydrogen-bond acceptors (Lipinski definition) is 7. The molecule has 214 valence electrons. The lowest BCUT2D eigenvalue weighted by Crippen LogP contribution is -2.43. The van der Waals surface area contributed by atoms with Crippen LogP contribution in [0.4, 0.5) is 18.9 Å². The number of nitrogens with zero attached hydrogens (tertiary/aromatic N) is 3. The molecule has 1 aliphatic rings. The second-order valence-corrected chi connectivity index (χ2v) is 11.7. The van der Waals surface area contributed by atoms with Crippen LogP contribution in [0.1, 0.15) is 28.8 Å². The number of methoxy groups -OCH3 is 1. The number of benzene rings is 2. The molecular formula is C27H30F3N5O4S. The minimum Gasteiger partial charge on any atom is -0.495 e. The van der Waals surface area contributed by atoms with Gasteiger partial charge in [0.05, 0.1) is 41.5 Å². The topological polar surface area (TPSA) is 106 Å². The molecule has 0 bridgehead atoms.